The van der Waals surface area contributed by atoms with Crippen molar-refractivity contribution in [3.05, 3.63) is 48.0 Å². The van der Waals surface area contributed by atoms with E-state index in [9.17, 15) is 4.79 Å². The fourth-order valence-electron chi connectivity index (χ4n) is 1.87. The molecular weight excluding hydrogens is 280 g/mol. The monoisotopic (exact) mass is 288 g/mol. The maximum Gasteiger partial charge on any atom is 0.241 e. The average Bonchev–Trinajstić information content (AvgIpc) is 3.16. The number of benzene rings is 1. The summed E-state index contributed by atoms with van der Waals surface area (Å²) in [6.07, 6.45) is 0.659. The molecule has 20 heavy (non-hydrogen) atoms. The summed E-state index contributed by atoms with van der Waals surface area (Å²) in [5.74, 6) is 1.78. The Labute approximate surface area is 119 Å². The number of carbonyl (C=O) groups excluding carboxylic acids is 1. The van der Waals surface area contributed by atoms with E-state index in [1.54, 1.807) is 12.1 Å². The number of hydrogen-bond donors (Lipinski definition) is 0. The molecule has 3 rings (SSSR count). The second-order valence-corrected chi connectivity index (χ2v) is 4.28. The molecule has 2 heterocycles. The van der Waals surface area contributed by atoms with Crippen LogP contribution >= 0.6 is 11.6 Å². The average molecular weight is 289 g/mol. The van der Waals surface area contributed by atoms with Crippen molar-refractivity contribution >= 4 is 17.9 Å². The molecule has 2 aromatic heterocycles. The molecule has 3 aromatic rings. The minimum absolute atomic E-state index is 0.158. The molecule has 0 aliphatic heterocycles. The molecule has 0 spiro atoms. The first-order valence-corrected chi connectivity index (χ1v) is 6.38. The van der Waals surface area contributed by atoms with Crippen LogP contribution in [0.5, 0.6) is 0 Å². The number of alkyl halides is 1. The van der Waals surface area contributed by atoms with Crippen LogP contribution in [0.2, 0.25) is 0 Å². The summed E-state index contributed by atoms with van der Waals surface area (Å²) in [5.41, 5.74) is 1.53. The van der Waals surface area contributed by atoms with Gasteiger partial charge in [0.25, 0.3) is 0 Å². The Balaban J connectivity index is 2.10. The largest absolute Gasteiger partial charge is 0.453 e. The molecule has 0 fully saturated rings. The van der Waals surface area contributed by atoms with Crippen molar-refractivity contribution in [1.29, 1.82) is 0 Å². The van der Waals surface area contributed by atoms with E-state index in [1.807, 2.05) is 24.3 Å². The molecular formula is C14H9ClN2O3. The van der Waals surface area contributed by atoms with Gasteiger partial charge in [0.1, 0.15) is 11.6 Å². The predicted octanol–water partition coefficient (Wildman–Crippen LogP) is 3.55. The first kappa shape index (κ1) is 12.6. The molecule has 5 nitrogen and oxygen atoms in total. The van der Waals surface area contributed by atoms with Crippen molar-refractivity contribution in [3.8, 4) is 22.7 Å². The van der Waals surface area contributed by atoms with Crippen LogP contribution in [-0.4, -0.2) is 16.4 Å². The Morgan fingerprint density at radius 2 is 1.95 bits per heavy atom. The Morgan fingerprint density at radius 3 is 2.60 bits per heavy atom. The van der Waals surface area contributed by atoms with Gasteiger partial charge in [-0.15, -0.1) is 11.6 Å². The van der Waals surface area contributed by atoms with E-state index in [2.05, 4.69) is 10.1 Å². The van der Waals surface area contributed by atoms with Crippen molar-refractivity contribution in [2.75, 3.05) is 0 Å². The van der Waals surface area contributed by atoms with E-state index in [0.717, 1.165) is 11.1 Å². The smallest absolute Gasteiger partial charge is 0.241 e. The van der Waals surface area contributed by atoms with Gasteiger partial charge in [-0.05, 0) is 12.1 Å². The predicted molar refractivity (Wildman–Crippen MR) is 72.4 cm³/mol. The number of carbonyl (C=O) groups is 1. The molecule has 0 aliphatic rings. The van der Waals surface area contributed by atoms with Crippen LogP contribution < -0.4 is 0 Å². The topological polar surface area (TPSA) is 69.1 Å². The summed E-state index contributed by atoms with van der Waals surface area (Å²) >= 11 is 5.65. The highest BCUT2D eigenvalue weighted by atomic mass is 35.5. The number of furan rings is 1. The van der Waals surface area contributed by atoms with Gasteiger partial charge in [-0.2, -0.15) is 4.98 Å². The van der Waals surface area contributed by atoms with Crippen molar-refractivity contribution in [3.63, 3.8) is 0 Å². The van der Waals surface area contributed by atoms with Gasteiger partial charge in [-0.1, -0.05) is 29.4 Å². The molecule has 0 saturated carbocycles. The van der Waals surface area contributed by atoms with Gasteiger partial charge in [-0.25, -0.2) is 0 Å². The molecule has 1 aromatic carbocycles. The zero-order chi connectivity index (χ0) is 13.9. The lowest BCUT2D eigenvalue weighted by Gasteiger charge is -2.02. The summed E-state index contributed by atoms with van der Waals surface area (Å²) < 4.78 is 10.4. The Hall–Kier alpha value is -2.40. The van der Waals surface area contributed by atoms with Crippen molar-refractivity contribution < 1.29 is 13.7 Å². The van der Waals surface area contributed by atoms with Crippen LogP contribution in [0.15, 0.2) is 45.3 Å². The molecule has 6 heteroatoms. The minimum atomic E-state index is 0.158. The summed E-state index contributed by atoms with van der Waals surface area (Å²) in [7, 11) is 0. The summed E-state index contributed by atoms with van der Waals surface area (Å²) in [6, 6.07) is 10.8. The van der Waals surface area contributed by atoms with Crippen LogP contribution in [0.25, 0.3) is 22.7 Å². The third kappa shape index (κ3) is 2.23. The standard InChI is InChI=1S/C14H9ClN2O3/c15-7-13-16-14(17-20-13)11-4-2-1-3-10(11)12-6-5-9(8-18)19-12/h1-6,8H,7H2. The second kappa shape index (κ2) is 5.30. The van der Waals surface area contributed by atoms with Crippen LogP contribution in [0, 0.1) is 0 Å². The molecule has 0 atom stereocenters. The molecule has 0 unspecified atom stereocenters. The molecule has 0 radical (unpaired) electrons. The van der Waals surface area contributed by atoms with Gasteiger partial charge in [0.2, 0.25) is 11.7 Å². The van der Waals surface area contributed by atoms with E-state index in [-0.39, 0.29) is 11.6 Å². The normalized spacial score (nSPS) is 10.7. The highest BCUT2D eigenvalue weighted by Crippen LogP contribution is 2.31. The summed E-state index contributed by atoms with van der Waals surface area (Å²) in [4.78, 5) is 14.9. The van der Waals surface area contributed by atoms with E-state index in [1.165, 1.54) is 0 Å². The van der Waals surface area contributed by atoms with Crippen LogP contribution in [-0.2, 0) is 5.88 Å². The zero-order valence-electron chi connectivity index (χ0n) is 10.2. The van der Waals surface area contributed by atoms with E-state index in [0.29, 0.717) is 23.8 Å². The number of halogens is 1. The van der Waals surface area contributed by atoms with Gasteiger partial charge in [0, 0.05) is 11.1 Å². The van der Waals surface area contributed by atoms with E-state index < -0.39 is 0 Å². The first-order chi connectivity index (χ1) is 9.81. The third-order valence-electron chi connectivity index (χ3n) is 2.76. The Morgan fingerprint density at radius 1 is 1.15 bits per heavy atom. The zero-order valence-corrected chi connectivity index (χ0v) is 11.0. The molecule has 0 saturated heterocycles. The maximum atomic E-state index is 10.7. The van der Waals surface area contributed by atoms with Gasteiger partial charge in [-0.3, -0.25) is 4.79 Å². The minimum Gasteiger partial charge on any atom is -0.453 e. The quantitative estimate of drug-likeness (QED) is 0.542. The van der Waals surface area contributed by atoms with Crippen molar-refractivity contribution in [2.45, 2.75) is 5.88 Å². The number of aldehydes is 1. The van der Waals surface area contributed by atoms with E-state index in [4.69, 9.17) is 20.5 Å². The highest BCUT2D eigenvalue weighted by Gasteiger charge is 2.15. The maximum absolute atomic E-state index is 10.7. The first-order valence-electron chi connectivity index (χ1n) is 5.85. The van der Waals surface area contributed by atoms with E-state index >= 15 is 0 Å². The molecule has 0 N–H and O–H groups in total. The third-order valence-corrected chi connectivity index (χ3v) is 2.99. The number of rotatable bonds is 4. The van der Waals surface area contributed by atoms with Gasteiger partial charge in [0.15, 0.2) is 12.0 Å². The Bertz CT molecular complexity index is 748. The molecule has 0 bridgehead atoms. The van der Waals surface area contributed by atoms with Crippen molar-refractivity contribution in [2.24, 2.45) is 0 Å². The van der Waals surface area contributed by atoms with Crippen LogP contribution in [0.4, 0.5) is 0 Å². The fraction of sp³-hybridized carbons (Fsp3) is 0.0714. The summed E-state index contributed by atoms with van der Waals surface area (Å²) in [6.45, 7) is 0. The lowest BCUT2D eigenvalue weighted by atomic mass is 10.1. The summed E-state index contributed by atoms with van der Waals surface area (Å²) in [5, 5.41) is 3.89. The Kier molecular flexibility index (Phi) is 3.35. The number of aromatic nitrogens is 2. The number of hydrogen-bond acceptors (Lipinski definition) is 5. The second-order valence-electron chi connectivity index (χ2n) is 4.01. The fourth-order valence-corrected chi connectivity index (χ4v) is 1.98. The van der Waals surface area contributed by atoms with Crippen LogP contribution in [0.3, 0.4) is 0 Å². The van der Waals surface area contributed by atoms with Gasteiger partial charge in [0.05, 0.1) is 0 Å². The lowest BCUT2D eigenvalue weighted by molar-refractivity contribution is 0.110. The molecule has 0 amide bonds. The van der Waals surface area contributed by atoms with Gasteiger partial charge < -0.3 is 8.94 Å². The molecule has 0 aliphatic carbocycles. The number of nitrogens with zero attached hydrogens (tertiary/aromatic N) is 2. The van der Waals surface area contributed by atoms with Crippen molar-refractivity contribution in [1.82, 2.24) is 10.1 Å². The van der Waals surface area contributed by atoms with Gasteiger partial charge >= 0.3 is 0 Å². The van der Waals surface area contributed by atoms with Crippen LogP contribution in [0.1, 0.15) is 16.4 Å². The highest BCUT2D eigenvalue weighted by molar-refractivity contribution is 6.16. The SMILES string of the molecule is O=Cc1ccc(-c2ccccc2-c2noc(CCl)n2)o1. The lowest BCUT2D eigenvalue weighted by Crippen LogP contribution is -1.86. The molecule has 100 valence electrons.